The Hall–Kier alpha value is -1.52. The predicted octanol–water partition coefficient (Wildman–Crippen LogP) is 0.614. The van der Waals surface area contributed by atoms with Crippen LogP contribution in [-0.4, -0.2) is 20.2 Å². The largest absolute Gasteiger partial charge is 0.390 e. The number of aliphatic hydroxyl groups excluding tert-OH is 2. The first kappa shape index (κ1) is 9.05. The number of aliphatic hydroxyl groups is 2. The number of rotatable bonds is 2. The van der Waals surface area contributed by atoms with E-state index in [0.29, 0.717) is 17.0 Å². The Bertz CT molecular complexity index is 418. The molecule has 2 aromatic heterocycles. The van der Waals surface area contributed by atoms with Crippen molar-refractivity contribution in [2.75, 3.05) is 0 Å². The van der Waals surface area contributed by atoms with Gasteiger partial charge in [0.25, 0.3) is 0 Å². The van der Waals surface area contributed by atoms with Gasteiger partial charge in [0.05, 0.1) is 24.6 Å². The zero-order valence-electron chi connectivity index (χ0n) is 7.51. The number of aromatic nitrogens is 2. The molecule has 4 heteroatoms. The fraction of sp³-hybridized carbons (Fsp3) is 0.200. The highest BCUT2D eigenvalue weighted by Gasteiger charge is 2.00. The second-order valence-corrected chi connectivity index (χ2v) is 2.97. The lowest BCUT2D eigenvalue weighted by Gasteiger charge is -2.00. The molecule has 0 atom stereocenters. The smallest absolute Gasteiger partial charge is 0.159 e. The Labute approximate surface area is 80.9 Å². The molecular weight excluding hydrogens is 180 g/mol. The van der Waals surface area contributed by atoms with Crippen LogP contribution < -0.4 is 0 Å². The minimum atomic E-state index is -0.0963. The average molecular weight is 190 g/mol. The summed E-state index contributed by atoms with van der Waals surface area (Å²) in [6, 6.07) is 7.20. The van der Waals surface area contributed by atoms with Crippen molar-refractivity contribution in [2.24, 2.45) is 0 Å². The molecule has 14 heavy (non-hydrogen) atoms. The molecule has 0 aromatic carbocycles. The van der Waals surface area contributed by atoms with Crippen LogP contribution in [0, 0.1) is 0 Å². The minimum Gasteiger partial charge on any atom is -0.390 e. The van der Waals surface area contributed by atoms with Gasteiger partial charge < -0.3 is 10.2 Å². The highest BCUT2D eigenvalue weighted by atomic mass is 16.3. The number of hydrogen-bond donors (Lipinski definition) is 2. The summed E-state index contributed by atoms with van der Waals surface area (Å²) in [7, 11) is 0. The van der Waals surface area contributed by atoms with E-state index in [1.165, 1.54) is 0 Å². The molecule has 2 N–H and O–H groups in total. The SMILES string of the molecule is OCc1ccc2ccc(CO)nc2n1. The van der Waals surface area contributed by atoms with Crippen molar-refractivity contribution in [3.05, 3.63) is 35.7 Å². The maximum absolute atomic E-state index is 8.88. The molecule has 0 amide bonds. The molecule has 0 saturated heterocycles. The summed E-state index contributed by atoms with van der Waals surface area (Å²) in [5.41, 5.74) is 1.73. The van der Waals surface area contributed by atoms with Gasteiger partial charge in [-0.05, 0) is 24.3 Å². The van der Waals surface area contributed by atoms with Crippen LogP contribution in [-0.2, 0) is 13.2 Å². The molecule has 0 bridgehead atoms. The lowest BCUT2D eigenvalue weighted by atomic mass is 10.2. The quantitative estimate of drug-likeness (QED) is 0.728. The van der Waals surface area contributed by atoms with Crippen LogP contribution >= 0.6 is 0 Å². The second-order valence-electron chi connectivity index (χ2n) is 2.97. The minimum absolute atomic E-state index is 0.0963. The Morgan fingerprint density at radius 1 is 0.857 bits per heavy atom. The predicted molar refractivity (Wildman–Crippen MR) is 51.4 cm³/mol. The Morgan fingerprint density at radius 3 is 1.79 bits per heavy atom. The highest BCUT2D eigenvalue weighted by molar-refractivity contribution is 5.74. The summed E-state index contributed by atoms with van der Waals surface area (Å²) >= 11 is 0. The summed E-state index contributed by atoms with van der Waals surface area (Å²) in [5.74, 6) is 0. The fourth-order valence-electron chi connectivity index (χ4n) is 1.25. The van der Waals surface area contributed by atoms with E-state index in [2.05, 4.69) is 9.97 Å². The monoisotopic (exact) mass is 190 g/mol. The highest BCUT2D eigenvalue weighted by Crippen LogP contribution is 2.11. The van der Waals surface area contributed by atoms with Crippen LogP contribution in [0.3, 0.4) is 0 Å². The fourth-order valence-corrected chi connectivity index (χ4v) is 1.25. The first-order valence-corrected chi connectivity index (χ1v) is 4.31. The van der Waals surface area contributed by atoms with Crippen LogP contribution in [0.2, 0.25) is 0 Å². The van der Waals surface area contributed by atoms with Crippen molar-refractivity contribution in [1.29, 1.82) is 0 Å². The third kappa shape index (κ3) is 1.57. The molecule has 0 fully saturated rings. The Balaban J connectivity index is 2.60. The molecule has 0 unspecified atom stereocenters. The number of hydrogen-bond acceptors (Lipinski definition) is 4. The summed E-state index contributed by atoms with van der Waals surface area (Å²) < 4.78 is 0. The molecule has 0 radical (unpaired) electrons. The van der Waals surface area contributed by atoms with Gasteiger partial charge in [0, 0.05) is 5.39 Å². The summed E-state index contributed by atoms with van der Waals surface area (Å²) in [6.07, 6.45) is 0. The Kier molecular flexibility index (Phi) is 2.39. The molecule has 0 saturated carbocycles. The molecular formula is C10H10N2O2. The normalized spacial score (nSPS) is 10.7. The van der Waals surface area contributed by atoms with Crippen LogP contribution in [0.1, 0.15) is 11.4 Å². The van der Waals surface area contributed by atoms with E-state index in [1.807, 2.05) is 12.1 Å². The van der Waals surface area contributed by atoms with Crippen molar-refractivity contribution in [1.82, 2.24) is 9.97 Å². The van der Waals surface area contributed by atoms with E-state index in [1.54, 1.807) is 12.1 Å². The maximum atomic E-state index is 8.88. The van der Waals surface area contributed by atoms with Gasteiger partial charge >= 0.3 is 0 Å². The van der Waals surface area contributed by atoms with Gasteiger partial charge in [0.1, 0.15) is 0 Å². The maximum Gasteiger partial charge on any atom is 0.159 e. The summed E-state index contributed by atoms with van der Waals surface area (Å²) in [6.45, 7) is -0.193. The second kappa shape index (κ2) is 3.69. The van der Waals surface area contributed by atoms with Gasteiger partial charge in [-0.25, -0.2) is 9.97 Å². The third-order valence-electron chi connectivity index (χ3n) is 1.99. The van der Waals surface area contributed by atoms with Gasteiger partial charge in [-0.15, -0.1) is 0 Å². The van der Waals surface area contributed by atoms with Crippen molar-refractivity contribution >= 4 is 11.0 Å². The van der Waals surface area contributed by atoms with Crippen molar-refractivity contribution in [2.45, 2.75) is 13.2 Å². The van der Waals surface area contributed by atoms with Crippen LogP contribution in [0.4, 0.5) is 0 Å². The first-order valence-electron chi connectivity index (χ1n) is 4.31. The van der Waals surface area contributed by atoms with Crippen LogP contribution in [0.15, 0.2) is 24.3 Å². The van der Waals surface area contributed by atoms with E-state index in [4.69, 9.17) is 10.2 Å². The lowest BCUT2D eigenvalue weighted by Crippen LogP contribution is -1.94. The van der Waals surface area contributed by atoms with E-state index in [0.717, 1.165) is 5.39 Å². The molecule has 0 spiro atoms. The molecule has 2 rings (SSSR count). The molecule has 0 aliphatic carbocycles. The molecule has 4 nitrogen and oxygen atoms in total. The van der Waals surface area contributed by atoms with E-state index >= 15 is 0 Å². The zero-order chi connectivity index (χ0) is 9.97. The van der Waals surface area contributed by atoms with E-state index < -0.39 is 0 Å². The molecule has 2 heterocycles. The molecule has 0 aliphatic heterocycles. The topological polar surface area (TPSA) is 66.2 Å². The van der Waals surface area contributed by atoms with Crippen LogP contribution in [0.5, 0.6) is 0 Å². The van der Waals surface area contributed by atoms with Crippen LogP contribution in [0.25, 0.3) is 11.0 Å². The van der Waals surface area contributed by atoms with Crippen molar-refractivity contribution in [3.8, 4) is 0 Å². The zero-order valence-corrected chi connectivity index (χ0v) is 7.51. The van der Waals surface area contributed by atoms with E-state index in [-0.39, 0.29) is 13.2 Å². The van der Waals surface area contributed by atoms with E-state index in [9.17, 15) is 0 Å². The lowest BCUT2D eigenvalue weighted by molar-refractivity contribution is 0.276. The van der Waals surface area contributed by atoms with Gasteiger partial charge in [-0.1, -0.05) is 0 Å². The number of pyridine rings is 2. The average Bonchev–Trinajstić information content (AvgIpc) is 2.27. The standard InChI is InChI=1S/C10H10N2O2/c13-5-8-3-1-7-2-4-9(6-14)12-10(7)11-8/h1-4,13-14H,5-6H2. The number of nitrogens with zero attached hydrogens (tertiary/aromatic N) is 2. The Morgan fingerprint density at radius 2 is 1.36 bits per heavy atom. The van der Waals surface area contributed by atoms with Gasteiger partial charge in [0.2, 0.25) is 0 Å². The first-order chi connectivity index (χ1) is 6.83. The molecule has 0 aliphatic rings. The summed E-state index contributed by atoms with van der Waals surface area (Å²) in [4.78, 5) is 8.26. The molecule has 72 valence electrons. The van der Waals surface area contributed by atoms with Crippen molar-refractivity contribution < 1.29 is 10.2 Å². The van der Waals surface area contributed by atoms with Gasteiger partial charge in [-0.2, -0.15) is 0 Å². The number of fused-ring (bicyclic) bond motifs is 1. The summed E-state index contributed by atoms with van der Waals surface area (Å²) in [5, 5.41) is 18.7. The molecule has 2 aromatic rings. The third-order valence-corrected chi connectivity index (χ3v) is 1.99. The van der Waals surface area contributed by atoms with Gasteiger partial charge in [-0.3, -0.25) is 0 Å². The van der Waals surface area contributed by atoms with Crippen molar-refractivity contribution in [3.63, 3.8) is 0 Å². The van der Waals surface area contributed by atoms with Gasteiger partial charge in [0.15, 0.2) is 5.65 Å².